The highest BCUT2D eigenvalue weighted by Crippen LogP contribution is 2.05. The van der Waals surface area contributed by atoms with Gasteiger partial charge in [-0.15, -0.1) is 0 Å². The van der Waals surface area contributed by atoms with Gasteiger partial charge in [-0.25, -0.2) is 0 Å². The molecule has 0 aromatic carbocycles. The van der Waals surface area contributed by atoms with Gasteiger partial charge in [-0.05, 0) is 24.5 Å². The first-order valence-electron chi connectivity index (χ1n) is 5.51. The summed E-state index contributed by atoms with van der Waals surface area (Å²) in [5, 5.41) is 0. The molecule has 1 aromatic heterocycles. The van der Waals surface area contributed by atoms with Crippen molar-refractivity contribution in [3.8, 4) is 0 Å². The first-order chi connectivity index (χ1) is 6.36. The second-order valence-corrected chi connectivity index (χ2v) is 3.67. The number of aryl methyl sites for hydroxylation is 2. The molecule has 0 bridgehead atoms. The summed E-state index contributed by atoms with van der Waals surface area (Å²) >= 11 is 0. The summed E-state index contributed by atoms with van der Waals surface area (Å²) in [7, 11) is 0. The predicted molar refractivity (Wildman–Crippen MR) is 60.5 cm³/mol. The molecule has 0 aliphatic carbocycles. The van der Waals surface area contributed by atoms with Crippen LogP contribution in [0, 0.1) is 0 Å². The monoisotopic (exact) mass is 199 g/mol. The molecule has 0 saturated carbocycles. The molecule has 0 aliphatic heterocycles. The summed E-state index contributed by atoms with van der Waals surface area (Å²) in [4.78, 5) is 0. The molecule has 0 radical (unpaired) electrons. The van der Waals surface area contributed by atoms with Gasteiger partial charge in [-0.1, -0.05) is 33.1 Å². The maximum Gasteiger partial charge on any atom is 0.0219 e. The summed E-state index contributed by atoms with van der Waals surface area (Å²) in [6.45, 7) is 5.65. The Morgan fingerprint density at radius 2 is 1.93 bits per heavy atom. The van der Waals surface area contributed by atoms with E-state index in [1.807, 2.05) is 0 Å². The molecule has 14 heavy (non-hydrogen) atoms. The topological polar surface area (TPSA) is 4.93 Å². The van der Waals surface area contributed by atoms with Crippen molar-refractivity contribution in [1.82, 2.24) is 4.57 Å². The molecule has 0 spiro atoms. The number of halogens is 1. The van der Waals surface area contributed by atoms with Crippen molar-refractivity contribution >= 4 is 0 Å². The van der Waals surface area contributed by atoms with Crippen molar-refractivity contribution in [1.29, 1.82) is 0 Å². The Bertz CT molecular complexity index is 230. The Balaban J connectivity index is 0.00000169. The van der Waals surface area contributed by atoms with Crippen molar-refractivity contribution in [2.45, 2.75) is 52.5 Å². The van der Waals surface area contributed by atoms with Gasteiger partial charge in [0.25, 0.3) is 0 Å². The molecule has 0 unspecified atom stereocenters. The van der Waals surface area contributed by atoms with Crippen LogP contribution >= 0.6 is 0 Å². The Hall–Kier alpha value is -0.790. The summed E-state index contributed by atoms with van der Waals surface area (Å²) in [5.74, 6) is 0. The van der Waals surface area contributed by atoms with E-state index in [1.165, 1.54) is 37.8 Å². The molecular formula is C12H22FN. The van der Waals surface area contributed by atoms with E-state index in [1.54, 1.807) is 0 Å². The van der Waals surface area contributed by atoms with Gasteiger partial charge in [-0.2, -0.15) is 0 Å². The number of hydrogen-bond acceptors (Lipinski definition) is 0. The summed E-state index contributed by atoms with van der Waals surface area (Å²) < 4.78 is 2.31. The van der Waals surface area contributed by atoms with E-state index in [0.717, 1.165) is 6.42 Å². The molecule has 0 amide bonds. The fourth-order valence-corrected chi connectivity index (χ4v) is 1.56. The Kier molecular flexibility index (Phi) is 7.17. The van der Waals surface area contributed by atoms with Crippen LogP contribution in [0.2, 0.25) is 0 Å². The molecule has 1 rings (SSSR count). The van der Waals surface area contributed by atoms with Crippen LogP contribution in [-0.4, -0.2) is 4.57 Å². The number of hydrogen-bond donors (Lipinski definition) is 0. The van der Waals surface area contributed by atoms with Crippen molar-refractivity contribution in [2.75, 3.05) is 0 Å². The molecule has 1 heterocycles. The van der Waals surface area contributed by atoms with Gasteiger partial charge in [0.2, 0.25) is 0 Å². The summed E-state index contributed by atoms with van der Waals surface area (Å²) in [6.07, 6.45) is 11.0. The van der Waals surface area contributed by atoms with Gasteiger partial charge in [-0.3, -0.25) is 4.70 Å². The van der Waals surface area contributed by atoms with Crippen LogP contribution in [0.1, 0.15) is 45.1 Å². The van der Waals surface area contributed by atoms with Gasteiger partial charge in [0.1, 0.15) is 0 Å². The third-order valence-electron chi connectivity index (χ3n) is 2.49. The Morgan fingerprint density at radius 1 is 1.14 bits per heavy atom. The molecule has 2 heteroatoms. The van der Waals surface area contributed by atoms with Crippen LogP contribution in [0.3, 0.4) is 0 Å². The minimum absolute atomic E-state index is 0. The second-order valence-electron chi connectivity index (χ2n) is 3.67. The van der Waals surface area contributed by atoms with E-state index in [2.05, 4.69) is 36.9 Å². The molecule has 1 nitrogen and oxygen atoms in total. The smallest absolute Gasteiger partial charge is 0.0219 e. The molecular weight excluding hydrogens is 177 g/mol. The van der Waals surface area contributed by atoms with Gasteiger partial charge in [0, 0.05) is 18.9 Å². The molecule has 0 atom stereocenters. The standard InChI is InChI=1S/C12H21N.FH/c1-3-5-6-7-9-13-10-8-12(4-2)11-13;/h8,10-11H,3-7,9H2,1-2H3;1H. The van der Waals surface area contributed by atoms with Crippen LogP contribution in [0.5, 0.6) is 0 Å². The SMILES string of the molecule is CCCCCCn1ccc(CC)c1.F. The molecule has 0 N–H and O–H groups in total. The van der Waals surface area contributed by atoms with E-state index >= 15 is 0 Å². The lowest BCUT2D eigenvalue weighted by Crippen LogP contribution is -1.93. The van der Waals surface area contributed by atoms with Crippen molar-refractivity contribution in [3.05, 3.63) is 24.0 Å². The third kappa shape index (κ3) is 4.45. The van der Waals surface area contributed by atoms with E-state index in [9.17, 15) is 0 Å². The Morgan fingerprint density at radius 3 is 2.50 bits per heavy atom. The zero-order valence-corrected chi connectivity index (χ0v) is 9.33. The van der Waals surface area contributed by atoms with E-state index < -0.39 is 0 Å². The lowest BCUT2D eigenvalue weighted by molar-refractivity contribution is 0.583. The second kappa shape index (κ2) is 7.60. The maximum absolute atomic E-state index is 2.31. The first kappa shape index (κ1) is 13.2. The number of rotatable bonds is 6. The fourth-order valence-electron chi connectivity index (χ4n) is 1.56. The average Bonchev–Trinajstić information content (AvgIpc) is 2.60. The highest BCUT2D eigenvalue weighted by Gasteiger charge is 1.93. The van der Waals surface area contributed by atoms with Gasteiger partial charge in [0.15, 0.2) is 0 Å². The van der Waals surface area contributed by atoms with Crippen molar-refractivity contribution < 1.29 is 4.70 Å². The lowest BCUT2D eigenvalue weighted by atomic mass is 10.2. The lowest BCUT2D eigenvalue weighted by Gasteiger charge is -2.01. The minimum Gasteiger partial charge on any atom is -0.354 e. The van der Waals surface area contributed by atoms with Crippen LogP contribution < -0.4 is 0 Å². The summed E-state index contributed by atoms with van der Waals surface area (Å²) in [6, 6.07) is 2.22. The minimum atomic E-state index is 0. The van der Waals surface area contributed by atoms with Crippen molar-refractivity contribution in [3.63, 3.8) is 0 Å². The highest BCUT2D eigenvalue weighted by molar-refractivity contribution is 5.09. The first-order valence-corrected chi connectivity index (χ1v) is 5.51. The molecule has 82 valence electrons. The van der Waals surface area contributed by atoms with Gasteiger partial charge >= 0.3 is 0 Å². The zero-order chi connectivity index (χ0) is 9.52. The predicted octanol–water partition coefficient (Wildman–Crippen LogP) is 3.78. The van der Waals surface area contributed by atoms with Gasteiger partial charge in [0.05, 0.1) is 0 Å². The maximum atomic E-state index is 2.31. The third-order valence-corrected chi connectivity index (χ3v) is 2.49. The number of unbranched alkanes of at least 4 members (excludes halogenated alkanes) is 3. The normalized spacial score (nSPS) is 9.86. The van der Waals surface area contributed by atoms with Crippen molar-refractivity contribution in [2.24, 2.45) is 0 Å². The fraction of sp³-hybridized carbons (Fsp3) is 0.667. The van der Waals surface area contributed by atoms with Crippen LogP contribution in [0.15, 0.2) is 18.5 Å². The average molecular weight is 199 g/mol. The van der Waals surface area contributed by atoms with Crippen LogP contribution in [0.4, 0.5) is 4.70 Å². The van der Waals surface area contributed by atoms with E-state index in [-0.39, 0.29) is 4.70 Å². The van der Waals surface area contributed by atoms with Gasteiger partial charge < -0.3 is 4.57 Å². The molecule has 0 aliphatic rings. The van der Waals surface area contributed by atoms with E-state index in [4.69, 9.17) is 0 Å². The Labute approximate surface area is 86.5 Å². The van der Waals surface area contributed by atoms with E-state index in [0.29, 0.717) is 0 Å². The largest absolute Gasteiger partial charge is 0.354 e. The van der Waals surface area contributed by atoms with Crippen LogP contribution in [-0.2, 0) is 13.0 Å². The zero-order valence-electron chi connectivity index (χ0n) is 9.33. The molecule has 0 fully saturated rings. The number of nitrogens with zero attached hydrogens (tertiary/aromatic N) is 1. The quantitative estimate of drug-likeness (QED) is 0.614. The summed E-state index contributed by atoms with van der Waals surface area (Å²) in [5.41, 5.74) is 1.45. The highest BCUT2D eigenvalue weighted by atomic mass is 19.0. The number of aromatic nitrogens is 1. The van der Waals surface area contributed by atoms with Crippen LogP contribution in [0.25, 0.3) is 0 Å². The molecule has 0 saturated heterocycles. The molecule has 1 aromatic rings.